The van der Waals surface area contributed by atoms with Gasteiger partial charge in [-0.25, -0.2) is 0 Å². The van der Waals surface area contributed by atoms with Crippen LogP contribution in [0.1, 0.15) is 31.9 Å². The molecule has 128 valence electrons. The van der Waals surface area contributed by atoms with Gasteiger partial charge in [0.25, 0.3) is 5.91 Å². The number of methoxy groups -OCH3 is 1. The van der Waals surface area contributed by atoms with Crippen molar-refractivity contribution in [3.63, 3.8) is 0 Å². The molecule has 0 aliphatic carbocycles. The lowest BCUT2D eigenvalue weighted by molar-refractivity contribution is -0.123. The maximum Gasteiger partial charge on any atom is 0.258 e. The average Bonchev–Trinajstić information content (AvgIpc) is 2.58. The molecule has 24 heavy (non-hydrogen) atoms. The maximum absolute atomic E-state index is 11.9. The lowest BCUT2D eigenvalue weighted by atomic mass is 9.87. The summed E-state index contributed by atoms with van der Waals surface area (Å²) in [6.07, 6.45) is 0. The van der Waals surface area contributed by atoms with Crippen LogP contribution < -0.4 is 14.8 Å². The predicted molar refractivity (Wildman–Crippen MR) is 95.5 cm³/mol. The van der Waals surface area contributed by atoms with E-state index in [0.29, 0.717) is 12.3 Å². The van der Waals surface area contributed by atoms with Crippen molar-refractivity contribution in [1.29, 1.82) is 0 Å². The highest BCUT2D eigenvalue weighted by molar-refractivity contribution is 5.77. The van der Waals surface area contributed by atoms with Crippen molar-refractivity contribution >= 4 is 5.91 Å². The Kier molecular flexibility index (Phi) is 5.85. The zero-order valence-electron chi connectivity index (χ0n) is 14.8. The Hall–Kier alpha value is -2.49. The quantitative estimate of drug-likeness (QED) is 0.880. The minimum absolute atomic E-state index is 0.00372. The summed E-state index contributed by atoms with van der Waals surface area (Å²) in [6.45, 7) is 6.91. The minimum atomic E-state index is -0.146. The molecule has 2 aromatic rings. The lowest BCUT2D eigenvalue weighted by Crippen LogP contribution is -2.28. The van der Waals surface area contributed by atoms with Gasteiger partial charge in [-0.1, -0.05) is 45.0 Å². The van der Waals surface area contributed by atoms with Crippen LogP contribution in [0.25, 0.3) is 0 Å². The van der Waals surface area contributed by atoms with E-state index in [1.807, 2.05) is 42.5 Å². The SMILES string of the molecule is COc1ccc(CNC(=O)COc2cccc(C(C)(C)C)c2)cc1. The summed E-state index contributed by atoms with van der Waals surface area (Å²) >= 11 is 0. The topological polar surface area (TPSA) is 47.6 Å². The number of hydrogen-bond acceptors (Lipinski definition) is 3. The molecule has 0 aliphatic heterocycles. The normalized spacial score (nSPS) is 11.0. The van der Waals surface area contributed by atoms with E-state index in [9.17, 15) is 4.79 Å². The largest absolute Gasteiger partial charge is 0.497 e. The standard InChI is InChI=1S/C20H25NO3/c1-20(2,3)16-6-5-7-18(12-16)24-14-19(22)21-13-15-8-10-17(23-4)11-9-15/h5-12H,13-14H2,1-4H3,(H,21,22). The van der Waals surface area contributed by atoms with E-state index in [2.05, 4.69) is 32.2 Å². The fourth-order valence-electron chi connectivity index (χ4n) is 2.20. The van der Waals surface area contributed by atoms with Crippen LogP contribution in [-0.2, 0) is 16.8 Å². The van der Waals surface area contributed by atoms with E-state index in [-0.39, 0.29) is 17.9 Å². The van der Waals surface area contributed by atoms with Crippen LogP contribution in [0, 0.1) is 0 Å². The van der Waals surface area contributed by atoms with Gasteiger partial charge in [0.05, 0.1) is 7.11 Å². The molecule has 1 N–H and O–H groups in total. The summed E-state index contributed by atoms with van der Waals surface area (Å²) in [7, 11) is 1.63. The third-order valence-electron chi connectivity index (χ3n) is 3.72. The summed E-state index contributed by atoms with van der Waals surface area (Å²) in [5.41, 5.74) is 2.24. The summed E-state index contributed by atoms with van der Waals surface area (Å²) in [6, 6.07) is 15.5. The number of carbonyl (C=O) groups excluding carboxylic acids is 1. The molecule has 2 aromatic carbocycles. The van der Waals surface area contributed by atoms with E-state index < -0.39 is 0 Å². The molecule has 2 rings (SSSR count). The number of amides is 1. The van der Waals surface area contributed by atoms with E-state index >= 15 is 0 Å². The van der Waals surface area contributed by atoms with Gasteiger partial charge in [-0.2, -0.15) is 0 Å². The fourth-order valence-corrected chi connectivity index (χ4v) is 2.20. The number of rotatable bonds is 6. The van der Waals surface area contributed by atoms with Gasteiger partial charge in [0.2, 0.25) is 0 Å². The third kappa shape index (κ3) is 5.30. The molecule has 4 nitrogen and oxygen atoms in total. The molecule has 0 bridgehead atoms. The number of benzene rings is 2. The summed E-state index contributed by atoms with van der Waals surface area (Å²) in [4.78, 5) is 11.9. The summed E-state index contributed by atoms with van der Waals surface area (Å²) in [5.74, 6) is 1.36. The van der Waals surface area contributed by atoms with Crippen molar-refractivity contribution in [2.45, 2.75) is 32.7 Å². The smallest absolute Gasteiger partial charge is 0.258 e. The average molecular weight is 327 g/mol. The second kappa shape index (κ2) is 7.86. The van der Waals surface area contributed by atoms with Crippen LogP contribution in [0.4, 0.5) is 0 Å². The van der Waals surface area contributed by atoms with Crippen molar-refractivity contribution in [2.75, 3.05) is 13.7 Å². The molecule has 0 aromatic heterocycles. The molecule has 0 atom stereocenters. The van der Waals surface area contributed by atoms with Crippen molar-refractivity contribution in [2.24, 2.45) is 0 Å². The highest BCUT2D eigenvalue weighted by Crippen LogP contribution is 2.25. The van der Waals surface area contributed by atoms with Crippen LogP contribution in [0.3, 0.4) is 0 Å². The molecule has 4 heteroatoms. The molecule has 1 amide bonds. The molecule has 0 radical (unpaired) electrons. The Morgan fingerprint density at radius 1 is 1.04 bits per heavy atom. The Labute approximate surface area is 143 Å². The van der Waals surface area contributed by atoms with Gasteiger partial charge in [0.15, 0.2) is 6.61 Å². The molecular formula is C20H25NO3. The van der Waals surface area contributed by atoms with Crippen LogP contribution >= 0.6 is 0 Å². The zero-order chi connectivity index (χ0) is 17.6. The lowest BCUT2D eigenvalue weighted by Gasteiger charge is -2.19. The van der Waals surface area contributed by atoms with E-state index in [1.165, 1.54) is 5.56 Å². The molecule has 0 fully saturated rings. The van der Waals surface area contributed by atoms with Gasteiger partial charge < -0.3 is 14.8 Å². The first kappa shape index (κ1) is 17.9. The fraction of sp³-hybridized carbons (Fsp3) is 0.350. The Morgan fingerprint density at radius 3 is 2.38 bits per heavy atom. The Balaban J connectivity index is 1.82. The van der Waals surface area contributed by atoms with E-state index in [1.54, 1.807) is 7.11 Å². The van der Waals surface area contributed by atoms with Crippen LogP contribution in [-0.4, -0.2) is 19.6 Å². The van der Waals surface area contributed by atoms with Crippen molar-refractivity contribution in [3.8, 4) is 11.5 Å². The van der Waals surface area contributed by atoms with Gasteiger partial charge in [-0.3, -0.25) is 4.79 Å². The summed E-state index contributed by atoms with van der Waals surface area (Å²) < 4.78 is 10.7. The third-order valence-corrected chi connectivity index (χ3v) is 3.72. The predicted octanol–water partition coefficient (Wildman–Crippen LogP) is 3.69. The second-order valence-electron chi connectivity index (χ2n) is 6.69. The summed E-state index contributed by atoms with van der Waals surface area (Å²) in [5, 5.41) is 2.85. The number of carbonyl (C=O) groups is 1. The van der Waals surface area contributed by atoms with Crippen LogP contribution in [0.2, 0.25) is 0 Å². The molecule has 0 heterocycles. The van der Waals surface area contributed by atoms with Crippen molar-refractivity contribution in [3.05, 3.63) is 59.7 Å². The highest BCUT2D eigenvalue weighted by atomic mass is 16.5. The minimum Gasteiger partial charge on any atom is -0.497 e. The van der Waals surface area contributed by atoms with Crippen LogP contribution in [0.5, 0.6) is 11.5 Å². The molecule has 0 saturated heterocycles. The molecule has 0 aliphatic rings. The first-order chi connectivity index (χ1) is 11.4. The monoisotopic (exact) mass is 327 g/mol. The van der Waals surface area contributed by atoms with Gasteiger partial charge >= 0.3 is 0 Å². The van der Waals surface area contributed by atoms with Gasteiger partial charge in [-0.05, 0) is 40.8 Å². The number of ether oxygens (including phenoxy) is 2. The van der Waals surface area contributed by atoms with Gasteiger partial charge in [0.1, 0.15) is 11.5 Å². The highest BCUT2D eigenvalue weighted by Gasteiger charge is 2.14. The second-order valence-corrected chi connectivity index (χ2v) is 6.69. The van der Waals surface area contributed by atoms with E-state index in [0.717, 1.165) is 11.3 Å². The first-order valence-corrected chi connectivity index (χ1v) is 8.01. The molecular weight excluding hydrogens is 302 g/mol. The molecule has 0 saturated carbocycles. The number of hydrogen-bond donors (Lipinski definition) is 1. The first-order valence-electron chi connectivity index (χ1n) is 8.01. The number of nitrogens with one attached hydrogen (secondary N) is 1. The van der Waals surface area contributed by atoms with Gasteiger partial charge in [0, 0.05) is 6.54 Å². The maximum atomic E-state index is 11.9. The Morgan fingerprint density at radius 2 is 1.75 bits per heavy atom. The molecule has 0 unspecified atom stereocenters. The van der Waals surface area contributed by atoms with Crippen molar-refractivity contribution in [1.82, 2.24) is 5.32 Å². The van der Waals surface area contributed by atoms with Crippen molar-refractivity contribution < 1.29 is 14.3 Å². The molecule has 0 spiro atoms. The zero-order valence-corrected chi connectivity index (χ0v) is 14.8. The van der Waals surface area contributed by atoms with Gasteiger partial charge in [-0.15, -0.1) is 0 Å². The van der Waals surface area contributed by atoms with E-state index in [4.69, 9.17) is 9.47 Å². The van der Waals surface area contributed by atoms with Crippen LogP contribution in [0.15, 0.2) is 48.5 Å². The Bertz CT molecular complexity index is 672.